The minimum Gasteiger partial charge on any atom is -0.496 e. The number of esters is 1. The van der Waals surface area contributed by atoms with E-state index in [9.17, 15) is 14.9 Å². The lowest BCUT2D eigenvalue weighted by molar-refractivity contribution is -0.145. The molecule has 1 aliphatic rings. The van der Waals surface area contributed by atoms with Crippen molar-refractivity contribution in [3.05, 3.63) is 40.3 Å². The lowest BCUT2D eigenvalue weighted by atomic mass is 9.96. The van der Waals surface area contributed by atoms with Crippen LogP contribution in [0.25, 0.3) is 10.8 Å². The van der Waals surface area contributed by atoms with Gasteiger partial charge in [-0.15, -0.1) is 4.91 Å². The fourth-order valence-corrected chi connectivity index (χ4v) is 5.47. The number of piperazine rings is 1. The van der Waals surface area contributed by atoms with E-state index in [1.807, 2.05) is 19.9 Å². The number of unbranched alkanes of at least 4 members (excludes halogenated alkanes) is 5. The summed E-state index contributed by atoms with van der Waals surface area (Å²) in [4.78, 5) is 28.3. The van der Waals surface area contributed by atoms with Crippen molar-refractivity contribution in [2.24, 2.45) is 5.18 Å². The molecule has 1 heterocycles. The molecule has 0 unspecified atom stereocenters. The van der Waals surface area contributed by atoms with Gasteiger partial charge in [0.1, 0.15) is 17.2 Å². The molecule has 0 aromatic heterocycles. The Morgan fingerprint density at radius 2 is 1.68 bits per heavy atom. The Kier molecular flexibility index (Phi) is 14.8. The maximum atomic E-state index is 12.1. The molecule has 0 aliphatic carbocycles. The van der Waals surface area contributed by atoms with Crippen LogP contribution in [-0.4, -0.2) is 88.2 Å². The number of allylic oxidation sites excluding steroid dienone is 1. The monoisotopic (exact) mass is 614 g/mol. The molecule has 1 saturated heterocycles. The quantitative estimate of drug-likeness (QED) is 0.0588. The van der Waals surface area contributed by atoms with Crippen LogP contribution in [0.1, 0.15) is 70.5 Å². The summed E-state index contributed by atoms with van der Waals surface area (Å²) in [6, 6.07) is 4.95. The maximum absolute atomic E-state index is 12.1. The van der Waals surface area contributed by atoms with Gasteiger partial charge in [-0.2, -0.15) is 0 Å². The normalized spacial score (nSPS) is 14.7. The first-order chi connectivity index (χ1) is 21.3. The molecule has 0 bridgehead atoms. The van der Waals surface area contributed by atoms with Gasteiger partial charge in [0.05, 0.1) is 49.9 Å². The van der Waals surface area contributed by atoms with Crippen LogP contribution in [0.5, 0.6) is 11.5 Å². The highest BCUT2D eigenvalue weighted by molar-refractivity contribution is 6.08. The van der Waals surface area contributed by atoms with Crippen molar-refractivity contribution in [1.29, 1.82) is 0 Å². The second-order valence-electron chi connectivity index (χ2n) is 11.6. The van der Waals surface area contributed by atoms with E-state index in [1.54, 1.807) is 13.2 Å². The summed E-state index contributed by atoms with van der Waals surface area (Å²) >= 11 is 0. The number of fused-ring (bicyclic) bond motifs is 1. The molecular weight excluding hydrogens is 564 g/mol. The average molecular weight is 615 g/mol. The highest BCUT2D eigenvalue weighted by atomic mass is 16.5. The molecule has 0 saturated carbocycles. The van der Waals surface area contributed by atoms with Crippen LogP contribution in [0.15, 0.2) is 35.0 Å². The third-order valence-electron chi connectivity index (χ3n) is 8.00. The molecule has 2 aromatic carbocycles. The summed E-state index contributed by atoms with van der Waals surface area (Å²) in [7, 11) is 5.19. The van der Waals surface area contributed by atoms with Crippen molar-refractivity contribution in [1.82, 2.24) is 9.80 Å². The van der Waals surface area contributed by atoms with E-state index >= 15 is 0 Å². The maximum Gasteiger partial charge on any atom is 0.320 e. The molecule has 44 heavy (non-hydrogen) atoms. The molecule has 1 fully saturated rings. The molecule has 0 spiro atoms. The van der Waals surface area contributed by atoms with Gasteiger partial charge in [-0.3, -0.25) is 20.4 Å². The van der Waals surface area contributed by atoms with Gasteiger partial charge in [0.2, 0.25) is 0 Å². The second kappa shape index (κ2) is 18.5. The number of nitrogens with one attached hydrogen (secondary N) is 1. The SMILES string of the molecule is COc1cc([C@@H](CC=C(C)C)OCCCCCCCCOC(=O)CN2CCN(C)CC2)c(OC)c2c(N=O)ccc(NO)c12. The highest BCUT2D eigenvalue weighted by Crippen LogP contribution is 2.48. The predicted octanol–water partition coefficient (Wildman–Crippen LogP) is 6.60. The molecule has 2 aromatic rings. The van der Waals surface area contributed by atoms with Gasteiger partial charge in [0, 0.05) is 38.3 Å². The zero-order valence-electron chi connectivity index (χ0n) is 27.0. The van der Waals surface area contributed by atoms with Crippen LogP contribution in [0.2, 0.25) is 0 Å². The summed E-state index contributed by atoms with van der Waals surface area (Å²) in [5.74, 6) is 0.803. The minimum absolute atomic E-state index is 0.126. The van der Waals surface area contributed by atoms with Crippen LogP contribution >= 0.6 is 0 Å². The van der Waals surface area contributed by atoms with Crippen LogP contribution in [0.4, 0.5) is 11.4 Å². The van der Waals surface area contributed by atoms with Gasteiger partial charge < -0.3 is 23.8 Å². The minimum atomic E-state index is -0.344. The standard InChI is InChI=1S/C33H50N4O7/c1-24(2)12-15-28(25-22-29(41-4)31-26(34-39)13-14-27(35-40)32(31)33(25)42-5)43-20-10-8-6-7-9-11-21-44-30(38)23-37-18-16-36(3)17-19-37/h12-14,22,28,34,39H,6-11,15-21,23H2,1-5H3/t28-/m1/s1. The van der Waals surface area contributed by atoms with E-state index in [0.29, 0.717) is 54.1 Å². The lowest BCUT2D eigenvalue weighted by Crippen LogP contribution is -2.46. The number of anilines is 1. The predicted molar refractivity (Wildman–Crippen MR) is 173 cm³/mol. The summed E-state index contributed by atoms with van der Waals surface area (Å²) in [5, 5.41) is 13.9. The Morgan fingerprint density at radius 1 is 1.00 bits per heavy atom. The van der Waals surface area contributed by atoms with Gasteiger partial charge in [0.15, 0.2) is 0 Å². The highest BCUT2D eigenvalue weighted by Gasteiger charge is 2.25. The molecule has 2 N–H and O–H groups in total. The molecule has 244 valence electrons. The van der Waals surface area contributed by atoms with Gasteiger partial charge in [-0.25, -0.2) is 0 Å². The molecule has 0 radical (unpaired) electrons. The summed E-state index contributed by atoms with van der Waals surface area (Å²) < 4.78 is 23.4. The molecular formula is C33H50N4O7. The Balaban J connectivity index is 1.51. The number of hydrogen-bond acceptors (Lipinski definition) is 11. The number of carbonyl (C=O) groups excluding carboxylic acids is 1. The van der Waals surface area contributed by atoms with Gasteiger partial charge >= 0.3 is 5.97 Å². The van der Waals surface area contributed by atoms with E-state index in [2.05, 4.69) is 33.6 Å². The first kappa shape index (κ1) is 35.2. The van der Waals surface area contributed by atoms with Crippen LogP contribution in [0.3, 0.4) is 0 Å². The fraction of sp³-hybridized carbons (Fsp3) is 0.606. The van der Waals surface area contributed by atoms with E-state index < -0.39 is 0 Å². The van der Waals surface area contributed by atoms with Crippen LogP contribution < -0.4 is 15.0 Å². The van der Waals surface area contributed by atoms with Crippen LogP contribution in [-0.2, 0) is 14.3 Å². The molecule has 0 amide bonds. The summed E-state index contributed by atoms with van der Waals surface area (Å²) in [5.41, 5.74) is 4.65. The first-order valence-electron chi connectivity index (χ1n) is 15.6. The second-order valence-corrected chi connectivity index (χ2v) is 11.6. The number of carbonyl (C=O) groups is 1. The summed E-state index contributed by atoms with van der Waals surface area (Å²) in [6.07, 6.45) is 8.38. The zero-order chi connectivity index (χ0) is 31.9. The van der Waals surface area contributed by atoms with Crippen molar-refractivity contribution in [3.63, 3.8) is 0 Å². The van der Waals surface area contributed by atoms with Crippen molar-refractivity contribution in [2.45, 2.75) is 64.9 Å². The zero-order valence-corrected chi connectivity index (χ0v) is 27.0. The van der Waals surface area contributed by atoms with Gasteiger partial charge in [0.25, 0.3) is 0 Å². The fourth-order valence-electron chi connectivity index (χ4n) is 5.47. The number of benzene rings is 2. The smallest absolute Gasteiger partial charge is 0.320 e. The van der Waals surface area contributed by atoms with E-state index in [0.717, 1.165) is 75.8 Å². The Morgan fingerprint density at radius 3 is 2.30 bits per heavy atom. The Labute approximate surface area is 261 Å². The Bertz CT molecular complexity index is 1240. The topological polar surface area (TPSA) is 122 Å². The van der Waals surface area contributed by atoms with E-state index in [4.69, 9.17) is 18.9 Å². The number of likely N-dealkylation sites (N-methyl/N-ethyl adjacent to an activating group) is 1. The van der Waals surface area contributed by atoms with Crippen molar-refractivity contribution < 1.29 is 28.9 Å². The summed E-state index contributed by atoms with van der Waals surface area (Å²) in [6.45, 7) is 9.32. The largest absolute Gasteiger partial charge is 0.496 e. The van der Waals surface area contributed by atoms with E-state index in [1.165, 1.54) is 13.2 Å². The number of ether oxygens (including phenoxy) is 4. The lowest BCUT2D eigenvalue weighted by Gasteiger charge is -2.31. The number of nitrogens with zero attached hydrogens (tertiary/aromatic N) is 3. The number of hydrogen-bond donors (Lipinski definition) is 2. The molecule has 1 atom stereocenters. The first-order valence-corrected chi connectivity index (χ1v) is 15.6. The Hall–Kier alpha value is -3.25. The van der Waals surface area contributed by atoms with Crippen molar-refractivity contribution in [2.75, 3.05) is 72.7 Å². The third-order valence-corrected chi connectivity index (χ3v) is 8.00. The molecule has 3 rings (SSSR count). The van der Waals surface area contributed by atoms with Crippen molar-refractivity contribution in [3.8, 4) is 11.5 Å². The number of methoxy groups -OCH3 is 2. The number of rotatable bonds is 19. The van der Waals surface area contributed by atoms with Gasteiger partial charge in [-0.1, -0.05) is 37.3 Å². The number of nitroso groups, excluding NO2 is 1. The average Bonchev–Trinajstić information content (AvgIpc) is 3.02. The molecule has 11 heteroatoms. The van der Waals surface area contributed by atoms with Gasteiger partial charge in [-0.05, 0) is 63.5 Å². The van der Waals surface area contributed by atoms with Crippen LogP contribution in [0, 0.1) is 4.91 Å². The third kappa shape index (κ3) is 10.2. The molecule has 11 nitrogen and oxygen atoms in total. The molecule has 1 aliphatic heterocycles. The van der Waals surface area contributed by atoms with E-state index in [-0.39, 0.29) is 17.8 Å². The van der Waals surface area contributed by atoms with Crippen molar-refractivity contribution >= 4 is 28.1 Å².